The second kappa shape index (κ2) is 9.50. The van der Waals surface area contributed by atoms with Crippen molar-refractivity contribution in [3.8, 4) is 22.6 Å². The maximum Gasteiger partial charge on any atom is 0.573 e. The highest BCUT2D eigenvalue weighted by atomic mass is 35.5. The van der Waals surface area contributed by atoms with Crippen molar-refractivity contribution in [2.45, 2.75) is 24.7 Å². The van der Waals surface area contributed by atoms with Gasteiger partial charge in [-0.2, -0.15) is 13.2 Å². The lowest BCUT2D eigenvalue weighted by Gasteiger charge is -2.40. The number of halogens is 7. The molecular weight excluding hydrogens is 500 g/mol. The van der Waals surface area contributed by atoms with Gasteiger partial charge in [0.2, 0.25) is 0 Å². The number of aliphatic hydroxyl groups excluding tert-OH is 1. The van der Waals surface area contributed by atoms with Crippen molar-refractivity contribution in [2.24, 2.45) is 0 Å². The highest BCUT2D eigenvalue weighted by molar-refractivity contribution is 6.30. The fourth-order valence-corrected chi connectivity index (χ4v) is 4.12. The van der Waals surface area contributed by atoms with Crippen LogP contribution in [0.4, 0.5) is 32.0 Å². The number of para-hydroxylation sites is 1. The van der Waals surface area contributed by atoms with E-state index in [4.69, 9.17) is 16.3 Å². The Morgan fingerprint density at radius 1 is 1.00 bits per heavy atom. The fraction of sp³-hybridized carbons (Fsp3) is 0.250. The Kier molecular flexibility index (Phi) is 6.79. The number of rotatable bonds is 5. The molecule has 3 aromatic rings. The van der Waals surface area contributed by atoms with Gasteiger partial charge in [0.1, 0.15) is 12.4 Å². The third-order valence-electron chi connectivity index (χ3n) is 5.42. The van der Waals surface area contributed by atoms with Crippen LogP contribution in [-0.2, 0) is 0 Å². The van der Waals surface area contributed by atoms with E-state index in [0.29, 0.717) is 21.7 Å². The molecule has 1 aliphatic rings. The standard InChI is InChI=1S/C24H18ClF6NO3/c25-16-6-1-5-15(10-16)20-13-34-22-18(14-4-2-7-17(11-14)35-24(29,30)31)8-3-9-19(22)32(20)12-21(33)23(26,27)28/h1-11,20-21,33H,12-13H2. The Hall–Kier alpha value is -3.11. The van der Waals surface area contributed by atoms with Gasteiger partial charge >= 0.3 is 12.5 Å². The number of benzene rings is 3. The summed E-state index contributed by atoms with van der Waals surface area (Å²) < 4.78 is 87.7. The molecule has 35 heavy (non-hydrogen) atoms. The van der Waals surface area contributed by atoms with E-state index in [1.165, 1.54) is 23.1 Å². The smallest absolute Gasteiger partial charge is 0.488 e. The van der Waals surface area contributed by atoms with Crippen molar-refractivity contribution in [1.82, 2.24) is 0 Å². The first-order valence-corrected chi connectivity index (χ1v) is 10.7. The summed E-state index contributed by atoms with van der Waals surface area (Å²) in [6.07, 6.45) is -12.4. The van der Waals surface area contributed by atoms with Crippen LogP contribution >= 0.6 is 11.6 Å². The Morgan fingerprint density at radius 2 is 1.71 bits per heavy atom. The number of hydrogen-bond acceptors (Lipinski definition) is 4. The van der Waals surface area contributed by atoms with Crippen LogP contribution in [0.25, 0.3) is 11.1 Å². The first-order valence-electron chi connectivity index (χ1n) is 10.3. The lowest BCUT2D eigenvalue weighted by atomic mass is 9.98. The van der Waals surface area contributed by atoms with Gasteiger partial charge in [-0.3, -0.25) is 0 Å². The lowest BCUT2D eigenvalue weighted by Crippen LogP contribution is -2.46. The van der Waals surface area contributed by atoms with Crippen LogP contribution in [0.1, 0.15) is 11.6 Å². The van der Waals surface area contributed by atoms with Gasteiger partial charge < -0.3 is 19.5 Å². The molecule has 0 aliphatic carbocycles. The number of ether oxygens (including phenoxy) is 2. The minimum absolute atomic E-state index is 0.0896. The summed E-state index contributed by atoms with van der Waals surface area (Å²) in [5, 5.41) is 10.2. The van der Waals surface area contributed by atoms with Gasteiger partial charge in [-0.25, -0.2) is 0 Å². The molecule has 0 spiro atoms. The summed E-state index contributed by atoms with van der Waals surface area (Å²) in [7, 11) is 0. The third-order valence-corrected chi connectivity index (χ3v) is 5.66. The Morgan fingerprint density at radius 3 is 2.40 bits per heavy atom. The highest BCUT2D eigenvalue weighted by Gasteiger charge is 2.42. The van der Waals surface area contributed by atoms with Crippen LogP contribution in [0.3, 0.4) is 0 Å². The molecule has 1 heterocycles. The van der Waals surface area contributed by atoms with E-state index in [-0.39, 0.29) is 18.0 Å². The molecule has 0 saturated carbocycles. The first kappa shape index (κ1) is 25.0. The zero-order valence-corrected chi connectivity index (χ0v) is 18.5. The van der Waals surface area contributed by atoms with E-state index in [9.17, 15) is 31.4 Å². The Labute approximate surface area is 201 Å². The number of alkyl halides is 6. The number of nitrogens with zero attached hydrogens (tertiary/aromatic N) is 1. The van der Waals surface area contributed by atoms with Gasteiger partial charge in [0.05, 0.1) is 18.3 Å². The Balaban J connectivity index is 1.78. The molecule has 1 aliphatic heterocycles. The molecule has 3 aromatic carbocycles. The molecule has 4 rings (SSSR count). The molecule has 2 atom stereocenters. The van der Waals surface area contributed by atoms with Crippen LogP contribution in [0.15, 0.2) is 66.7 Å². The molecular formula is C24H18ClF6NO3. The van der Waals surface area contributed by atoms with Crippen LogP contribution in [0.2, 0.25) is 5.02 Å². The fourth-order valence-electron chi connectivity index (χ4n) is 3.92. The molecule has 0 radical (unpaired) electrons. The number of aliphatic hydroxyl groups is 1. The number of anilines is 1. The van der Waals surface area contributed by atoms with Crippen LogP contribution in [0.5, 0.6) is 11.5 Å². The SMILES string of the molecule is OC(CN1c2cccc(-c3cccc(OC(F)(F)F)c3)c2OCC1c1cccc(Cl)c1)C(F)(F)F. The van der Waals surface area contributed by atoms with Crippen molar-refractivity contribution in [3.05, 3.63) is 77.3 Å². The molecule has 0 amide bonds. The van der Waals surface area contributed by atoms with Gasteiger partial charge in [-0.1, -0.05) is 48.0 Å². The van der Waals surface area contributed by atoms with Gasteiger partial charge in [0.25, 0.3) is 0 Å². The topological polar surface area (TPSA) is 41.9 Å². The summed E-state index contributed by atoms with van der Waals surface area (Å²) in [4.78, 5) is 1.36. The van der Waals surface area contributed by atoms with Gasteiger partial charge in [-0.05, 0) is 41.5 Å². The van der Waals surface area contributed by atoms with Crippen LogP contribution in [-0.4, -0.2) is 36.9 Å². The maximum absolute atomic E-state index is 13.3. The Bertz CT molecular complexity index is 1200. The molecule has 11 heteroatoms. The average Bonchev–Trinajstić information content (AvgIpc) is 2.77. The molecule has 0 aromatic heterocycles. The van der Waals surface area contributed by atoms with E-state index in [1.807, 2.05) is 0 Å². The normalized spacial score (nSPS) is 16.9. The summed E-state index contributed by atoms with van der Waals surface area (Å²) in [6.45, 7) is -0.884. The summed E-state index contributed by atoms with van der Waals surface area (Å²) in [6, 6.07) is 15.6. The number of fused-ring (bicyclic) bond motifs is 1. The van der Waals surface area contributed by atoms with Crippen LogP contribution < -0.4 is 14.4 Å². The van der Waals surface area contributed by atoms with E-state index < -0.39 is 37.0 Å². The second-order valence-corrected chi connectivity index (χ2v) is 8.26. The zero-order chi connectivity index (χ0) is 25.4. The van der Waals surface area contributed by atoms with Gasteiger partial charge in [0, 0.05) is 10.6 Å². The number of β-amino-alcohol motifs (C(OH)–C–C–N with tert-alkyl or cyclic N) is 1. The summed E-state index contributed by atoms with van der Waals surface area (Å²) >= 11 is 6.08. The highest BCUT2D eigenvalue weighted by Crippen LogP contribution is 2.46. The third kappa shape index (κ3) is 5.76. The predicted octanol–water partition coefficient (Wildman–Crippen LogP) is 6.77. The number of hydrogen-bond donors (Lipinski definition) is 1. The van der Waals surface area contributed by atoms with Crippen molar-refractivity contribution < 1.29 is 40.9 Å². The molecule has 4 nitrogen and oxygen atoms in total. The van der Waals surface area contributed by atoms with Gasteiger partial charge in [0.15, 0.2) is 11.9 Å². The van der Waals surface area contributed by atoms with E-state index in [0.717, 1.165) is 12.1 Å². The molecule has 186 valence electrons. The minimum atomic E-state index is -4.89. The molecule has 0 saturated heterocycles. The molecule has 0 bridgehead atoms. The summed E-state index contributed by atoms with van der Waals surface area (Å²) in [5.74, 6) is -0.283. The van der Waals surface area contributed by atoms with E-state index >= 15 is 0 Å². The van der Waals surface area contributed by atoms with Crippen LogP contribution in [0, 0.1) is 0 Å². The minimum Gasteiger partial charge on any atom is -0.488 e. The molecule has 2 unspecified atom stereocenters. The second-order valence-electron chi connectivity index (χ2n) is 7.82. The molecule has 0 fully saturated rings. The van der Waals surface area contributed by atoms with Crippen molar-refractivity contribution in [3.63, 3.8) is 0 Å². The maximum atomic E-state index is 13.3. The monoisotopic (exact) mass is 517 g/mol. The predicted molar refractivity (Wildman–Crippen MR) is 118 cm³/mol. The largest absolute Gasteiger partial charge is 0.573 e. The van der Waals surface area contributed by atoms with Crippen molar-refractivity contribution in [2.75, 3.05) is 18.1 Å². The summed E-state index contributed by atoms with van der Waals surface area (Å²) in [5.41, 5.74) is 1.47. The molecule has 1 N–H and O–H groups in total. The quantitative estimate of drug-likeness (QED) is 0.379. The van der Waals surface area contributed by atoms with Gasteiger partial charge in [-0.15, -0.1) is 13.2 Å². The lowest BCUT2D eigenvalue weighted by molar-refractivity contribution is -0.274. The average molecular weight is 518 g/mol. The first-order chi connectivity index (χ1) is 16.4. The van der Waals surface area contributed by atoms with Crippen molar-refractivity contribution in [1.29, 1.82) is 0 Å². The zero-order valence-electron chi connectivity index (χ0n) is 17.8. The van der Waals surface area contributed by atoms with E-state index in [2.05, 4.69) is 4.74 Å². The van der Waals surface area contributed by atoms with E-state index in [1.54, 1.807) is 36.4 Å². The van der Waals surface area contributed by atoms with Crippen molar-refractivity contribution >= 4 is 17.3 Å².